The van der Waals surface area contributed by atoms with Crippen molar-refractivity contribution in [3.05, 3.63) is 64.1 Å². The Labute approximate surface area is 145 Å². The summed E-state index contributed by atoms with van der Waals surface area (Å²) < 4.78 is 5.48. The lowest BCUT2D eigenvalue weighted by Crippen LogP contribution is -2.38. The first-order valence-electron chi connectivity index (χ1n) is 7.28. The zero-order valence-corrected chi connectivity index (χ0v) is 14.0. The molecule has 2 amide bonds. The standard InChI is InChI=1S/C17H18Cl2N2O2/c18-14-6-4-13(5-7-14)8-9-20-17(22)21-10-11-23-16-3-1-2-15(19)12-16/h1-7,12H,8-11H2,(H2,20,21,22). The van der Waals surface area contributed by atoms with Gasteiger partial charge in [-0.05, 0) is 42.3 Å². The van der Waals surface area contributed by atoms with E-state index in [0.29, 0.717) is 35.5 Å². The van der Waals surface area contributed by atoms with Gasteiger partial charge in [0.15, 0.2) is 0 Å². The Hall–Kier alpha value is -1.91. The minimum Gasteiger partial charge on any atom is -0.492 e. The zero-order valence-electron chi connectivity index (χ0n) is 12.5. The molecule has 23 heavy (non-hydrogen) atoms. The molecule has 0 fully saturated rings. The minimum absolute atomic E-state index is 0.214. The van der Waals surface area contributed by atoms with Gasteiger partial charge in [-0.15, -0.1) is 0 Å². The summed E-state index contributed by atoms with van der Waals surface area (Å²) >= 11 is 11.7. The van der Waals surface area contributed by atoms with Gasteiger partial charge in [0.05, 0.1) is 6.54 Å². The highest BCUT2D eigenvalue weighted by Crippen LogP contribution is 2.16. The smallest absolute Gasteiger partial charge is 0.314 e. The molecule has 2 aromatic carbocycles. The molecule has 0 spiro atoms. The number of rotatable bonds is 7. The van der Waals surface area contributed by atoms with Crippen LogP contribution in [0.1, 0.15) is 5.56 Å². The van der Waals surface area contributed by atoms with E-state index in [1.807, 2.05) is 36.4 Å². The first-order valence-corrected chi connectivity index (χ1v) is 8.03. The number of ether oxygens (including phenoxy) is 1. The number of halogens is 2. The van der Waals surface area contributed by atoms with Gasteiger partial charge in [0, 0.05) is 16.6 Å². The molecule has 6 heteroatoms. The maximum absolute atomic E-state index is 11.6. The molecule has 122 valence electrons. The van der Waals surface area contributed by atoms with Gasteiger partial charge in [0.2, 0.25) is 0 Å². The van der Waals surface area contributed by atoms with Gasteiger partial charge in [0.25, 0.3) is 0 Å². The van der Waals surface area contributed by atoms with E-state index < -0.39 is 0 Å². The van der Waals surface area contributed by atoms with Gasteiger partial charge >= 0.3 is 6.03 Å². The van der Waals surface area contributed by atoms with Crippen LogP contribution >= 0.6 is 23.2 Å². The summed E-state index contributed by atoms with van der Waals surface area (Å²) in [5, 5.41) is 6.86. The SMILES string of the molecule is O=C(NCCOc1cccc(Cl)c1)NCCc1ccc(Cl)cc1. The van der Waals surface area contributed by atoms with E-state index >= 15 is 0 Å². The summed E-state index contributed by atoms with van der Waals surface area (Å²) in [6.45, 7) is 1.35. The summed E-state index contributed by atoms with van der Waals surface area (Å²) in [5.41, 5.74) is 1.12. The Morgan fingerprint density at radius 1 is 0.957 bits per heavy atom. The van der Waals surface area contributed by atoms with Crippen molar-refractivity contribution in [3.8, 4) is 5.75 Å². The predicted molar refractivity (Wildman–Crippen MR) is 93.5 cm³/mol. The van der Waals surface area contributed by atoms with Crippen molar-refractivity contribution < 1.29 is 9.53 Å². The highest BCUT2D eigenvalue weighted by atomic mass is 35.5. The maximum atomic E-state index is 11.6. The second-order valence-electron chi connectivity index (χ2n) is 4.86. The highest BCUT2D eigenvalue weighted by Gasteiger charge is 2.00. The van der Waals surface area contributed by atoms with E-state index in [1.54, 1.807) is 12.1 Å². The van der Waals surface area contributed by atoms with Gasteiger partial charge in [0.1, 0.15) is 12.4 Å². The number of carbonyl (C=O) groups excluding carboxylic acids is 1. The van der Waals surface area contributed by atoms with E-state index in [9.17, 15) is 4.79 Å². The molecule has 0 aliphatic rings. The molecule has 2 N–H and O–H groups in total. The second kappa shape index (κ2) is 9.28. The first-order chi connectivity index (χ1) is 11.1. The molecule has 2 aromatic rings. The van der Waals surface area contributed by atoms with Gasteiger partial charge in [-0.2, -0.15) is 0 Å². The molecular formula is C17H18Cl2N2O2. The van der Waals surface area contributed by atoms with Crippen LogP contribution < -0.4 is 15.4 Å². The third-order valence-corrected chi connectivity index (χ3v) is 3.55. The molecule has 0 aliphatic heterocycles. The fraction of sp³-hybridized carbons (Fsp3) is 0.235. The molecule has 0 saturated heterocycles. The average molecular weight is 353 g/mol. The van der Waals surface area contributed by atoms with Crippen molar-refractivity contribution in [2.75, 3.05) is 19.7 Å². The zero-order chi connectivity index (χ0) is 16.5. The third-order valence-electron chi connectivity index (χ3n) is 3.06. The Morgan fingerprint density at radius 3 is 2.43 bits per heavy atom. The molecule has 0 aromatic heterocycles. The van der Waals surface area contributed by atoms with E-state index in [-0.39, 0.29) is 6.03 Å². The maximum Gasteiger partial charge on any atom is 0.314 e. The Kier molecular flexibility index (Phi) is 7.04. The van der Waals surface area contributed by atoms with Crippen molar-refractivity contribution >= 4 is 29.2 Å². The van der Waals surface area contributed by atoms with Crippen LogP contribution in [0.15, 0.2) is 48.5 Å². The summed E-state index contributed by atoms with van der Waals surface area (Å²) in [5.74, 6) is 0.683. The molecule has 0 bridgehead atoms. The summed E-state index contributed by atoms with van der Waals surface area (Å²) in [6, 6.07) is 14.5. The molecule has 0 unspecified atom stereocenters. The number of carbonyl (C=O) groups is 1. The van der Waals surface area contributed by atoms with Crippen LogP contribution in [0.2, 0.25) is 10.0 Å². The molecule has 0 atom stereocenters. The van der Waals surface area contributed by atoms with E-state index in [0.717, 1.165) is 12.0 Å². The van der Waals surface area contributed by atoms with Crippen LogP contribution in [-0.2, 0) is 6.42 Å². The number of hydrogen-bond donors (Lipinski definition) is 2. The predicted octanol–water partition coefficient (Wildman–Crippen LogP) is 3.91. The van der Waals surface area contributed by atoms with Crippen molar-refractivity contribution in [3.63, 3.8) is 0 Å². The molecule has 2 rings (SSSR count). The lowest BCUT2D eigenvalue weighted by molar-refractivity contribution is 0.236. The number of benzene rings is 2. The average Bonchev–Trinajstić information content (AvgIpc) is 2.54. The van der Waals surface area contributed by atoms with Crippen LogP contribution in [-0.4, -0.2) is 25.7 Å². The molecule has 4 nitrogen and oxygen atoms in total. The van der Waals surface area contributed by atoms with Crippen LogP contribution in [0.25, 0.3) is 0 Å². The van der Waals surface area contributed by atoms with Crippen molar-refractivity contribution in [2.24, 2.45) is 0 Å². The fourth-order valence-electron chi connectivity index (χ4n) is 1.92. The minimum atomic E-state index is -0.214. The molecular weight excluding hydrogens is 335 g/mol. The Balaban J connectivity index is 1.57. The fourth-order valence-corrected chi connectivity index (χ4v) is 2.23. The summed E-state index contributed by atoms with van der Waals surface area (Å²) in [6.07, 6.45) is 0.754. The second-order valence-corrected chi connectivity index (χ2v) is 5.74. The number of hydrogen-bond acceptors (Lipinski definition) is 2. The summed E-state index contributed by atoms with van der Waals surface area (Å²) in [4.78, 5) is 11.6. The van der Waals surface area contributed by atoms with Gasteiger partial charge in [-0.1, -0.05) is 41.4 Å². The first kappa shape index (κ1) is 17.4. The summed E-state index contributed by atoms with van der Waals surface area (Å²) in [7, 11) is 0. The monoisotopic (exact) mass is 352 g/mol. The quantitative estimate of drug-likeness (QED) is 0.742. The van der Waals surface area contributed by atoms with Crippen molar-refractivity contribution in [2.45, 2.75) is 6.42 Å². The normalized spacial score (nSPS) is 10.2. The molecule has 0 heterocycles. The molecule has 0 radical (unpaired) electrons. The molecule has 0 aliphatic carbocycles. The Bertz CT molecular complexity index is 633. The van der Waals surface area contributed by atoms with Crippen LogP contribution in [0, 0.1) is 0 Å². The number of nitrogens with one attached hydrogen (secondary N) is 2. The van der Waals surface area contributed by atoms with Crippen molar-refractivity contribution in [1.82, 2.24) is 10.6 Å². The third kappa shape index (κ3) is 6.80. The van der Waals surface area contributed by atoms with Gasteiger partial charge < -0.3 is 15.4 Å². The lowest BCUT2D eigenvalue weighted by Gasteiger charge is -2.09. The van der Waals surface area contributed by atoms with E-state index in [1.165, 1.54) is 0 Å². The lowest BCUT2D eigenvalue weighted by atomic mass is 10.1. The van der Waals surface area contributed by atoms with Crippen LogP contribution in [0.5, 0.6) is 5.75 Å². The van der Waals surface area contributed by atoms with Gasteiger partial charge in [-0.25, -0.2) is 4.79 Å². The molecule has 0 saturated carbocycles. The number of amides is 2. The highest BCUT2D eigenvalue weighted by molar-refractivity contribution is 6.30. The number of urea groups is 1. The topological polar surface area (TPSA) is 50.4 Å². The van der Waals surface area contributed by atoms with E-state index in [2.05, 4.69) is 10.6 Å². The van der Waals surface area contributed by atoms with Crippen LogP contribution in [0.4, 0.5) is 4.79 Å². The van der Waals surface area contributed by atoms with Gasteiger partial charge in [-0.3, -0.25) is 0 Å². The van der Waals surface area contributed by atoms with Crippen molar-refractivity contribution in [1.29, 1.82) is 0 Å². The van der Waals surface area contributed by atoms with Crippen LogP contribution in [0.3, 0.4) is 0 Å². The van der Waals surface area contributed by atoms with E-state index in [4.69, 9.17) is 27.9 Å². The Morgan fingerprint density at radius 2 is 1.70 bits per heavy atom. The largest absolute Gasteiger partial charge is 0.492 e.